The molecule has 3 aliphatic rings. The van der Waals surface area contributed by atoms with Gasteiger partial charge < -0.3 is 5.11 Å². The Balaban J connectivity index is 1.65. The minimum absolute atomic E-state index is 0.00142. The summed E-state index contributed by atoms with van der Waals surface area (Å²) in [6.45, 7) is 0. The fourth-order valence-electron chi connectivity index (χ4n) is 3.61. The number of aliphatic carboxylic acids is 1. The van der Waals surface area contributed by atoms with E-state index < -0.39 is 33.1 Å². The van der Waals surface area contributed by atoms with Crippen molar-refractivity contribution in [1.29, 1.82) is 0 Å². The number of alkyl halides is 2. The highest BCUT2D eigenvalue weighted by Gasteiger charge is 2.63. The van der Waals surface area contributed by atoms with E-state index in [0.29, 0.717) is 19.3 Å². The monoisotopic (exact) mass is 309 g/mol. The zero-order valence-electron chi connectivity index (χ0n) is 10.8. The summed E-state index contributed by atoms with van der Waals surface area (Å²) in [5.74, 6) is -1.08. The lowest BCUT2D eigenvalue weighted by molar-refractivity contribution is -0.141. The second-order valence-electron chi connectivity index (χ2n) is 6.26. The van der Waals surface area contributed by atoms with Crippen LogP contribution >= 0.6 is 0 Å². The van der Waals surface area contributed by atoms with Crippen LogP contribution < -0.4 is 4.72 Å². The molecule has 0 aliphatic heterocycles. The molecule has 0 saturated heterocycles. The van der Waals surface area contributed by atoms with Gasteiger partial charge in [0, 0.05) is 6.04 Å². The van der Waals surface area contributed by atoms with Crippen molar-refractivity contribution in [3.8, 4) is 0 Å². The highest BCUT2D eigenvalue weighted by Crippen LogP contribution is 2.52. The van der Waals surface area contributed by atoms with E-state index in [2.05, 4.69) is 4.72 Å². The first-order chi connectivity index (χ1) is 9.27. The summed E-state index contributed by atoms with van der Waals surface area (Å²) < 4.78 is 50.4. The van der Waals surface area contributed by atoms with Gasteiger partial charge >= 0.3 is 5.97 Å². The van der Waals surface area contributed by atoms with Crippen LogP contribution in [-0.2, 0) is 14.8 Å². The molecule has 3 fully saturated rings. The lowest BCUT2D eigenvalue weighted by atomic mass is 9.72. The standard InChI is InChI=1S/C12H17F2NO4S/c13-11(14)12(1-2-12)20(18,19)15-9-5-6-3-7(10(16)17)4-8(6)9/h6-9,11,15H,1-5H2,(H,16,17)/t6-,7?,8-,9+/m1/s1. The summed E-state index contributed by atoms with van der Waals surface area (Å²) in [7, 11) is -4.03. The van der Waals surface area contributed by atoms with Crippen LogP contribution in [0.2, 0.25) is 0 Å². The molecule has 0 amide bonds. The van der Waals surface area contributed by atoms with Crippen molar-refractivity contribution in [2.75, 3.05) is 0 Å². The fourth-order valence-corrected chi connectivity index (χ4v) is 5.39. The Morgan fingerprint density at radius 2 is 1.90 bits per heavy atom. The Bertz CT molecular complexity index is 532. The third-order valence-electron chi connectivity index (χ3n) is 5.15. The van der Waals surface area contributed by atoms with Gasteiger partial charge in [0.25, 0.3) is 6.43 Å². The maximum Gasteiger partial charge on any atom is 0.306 e. The van der Waals surface area contributed by atoms with Gasteiger partial charge in [-0.3, -0.25) is 4.79 Å². The molecular formula is C12H17F2NO4S. The number of carboxylic acids is 1. The molecule has 0 bridgehead atoms. The molecular weight excluding hydrogens is 292 g/mol. The van der Waals surface area contributed by atoms with Crippen molar-refractivity contribution >= 4 is 16.0 Å². The summed E-state index contributed by atoms with van der Waals surface area (Å²) in [6, 6.07) is -0.370. The van der Waals surface area contributed by atoms with Crippen LogP contribution in [0.15, 0.2) is 0 Å². The van der Waals surface area contributed by atoms with Gasteiger partial charge in [-0.2, -0.15) is 0 Å². The predicted octanol–water partition coefficient (Wildman–Crippen LogP) is 1.20. The minimum Gasteiger partial charge on any atom is -0.481 e. The Hall–Kier alpha value is -0.760. The van der Waals surface area contributed by atoms with Crippen LogP contribution in [0.4, 0.5) is 8.78 Å². The van der Waals surface area contributed by atoms with Crippen molar-refractivity contribution < 1.29 is 27.1 Å². The van der Waals surface area contributed by atoms with E-state index in [1.807, 2.05) is 0 Å². The molecule has 1 unspecified atom stereocenters. The van der Waals surface area contributed by atoms with Gasteiger partial charge in [-0.25, -0.2) is 21.9 Å². The topological polar surface area (TPSA) is 83.5 Å². The quantitative estimate of drug-likeness (QED) is 0.799. The molecule has 0 aromatic carbocycles. The second kappa shape index (κ2) is 4.37. The Labute approximate surface area is 115 Å². The summed E-state index contributed by atoms with van der Waals surface area (Å²) >= 11 is 0. The zero-order valence-corrected chi connectivity index (χ0v) is 11.6. The molecule has 3 aliphatic carbocycles. The SMILES string of the molecule is O=C(O)C1C[C@@H]2C[C@H](NS(=O)(=O)C3(C(F)F)CC3)[C@@H]2C1. The summed E-state index contributed by atoms with van der Waals surface area (Å²) in [5.41, 5.74) is 0. The number of carbonyl (C=O) groups is 1. The van der Waals surface area contributed by atoms with Gasteiger partial charge in [-0.15, -0.1) is 0 Å². The molecule has 0 radical (unpaired) electrons. The molecule has 4 atom stereocenters. The van der Waals surface area contributed by atoms with Gasteiger partial charge in [0.15, 0.2) is 0 Å². The van der Waals surface area contributed by atoms with Crippen LogP contribution in [0.25, 0.3) is 0 Å². The Kier molecular flexibility index (Phi) is 3.10. The van der Waals surface area contributed by atoms with Crippen molar-refractivity contribution in [2.45, 2.75) is 49.3 Å². The van der Waals surface area contributed by atoms with Gasteiger partial charge in [0.1, 0.15) is 4.75 Å². The lowest BCUT2D eigenvalue weighted by Crippen LogP contribution is -2.54. The lowest BCUT2D eigenvalue weighted by Gasteiger charge is -2.41. The second-order valence-corrected chi connectivity index (χ2v) is 8.32. The van der Waals surface area contributed by atoms with E-state index in [0.717, 1.165) is 0 Å². The van der Waals surface area contributed by atoms with Crippen LogP contribution in [-0.4, -0.2) is 36.7 Å². The molecule has 0 aromatic rings. The van der Waals surface area contributed by atoms with Gasteiger partial charge in [0.05, 0.1) is 5.92 Å². The first kappa shape index (κ1) is 14.2. The van der Waals surface area contributed by atoms with Gasteiger partial charge in [-0.05, 0) is 43.9 Å². The van der Waals surface area contributed by atoms with E-state index in [-0.39, 0.29) is 30.7 Å². The average Bonchev–Trinajstić information content (AvgIpc) is 3.07. The van der Waals surface area contributed by atoms with Crippen molar-refractivity contribution in [3.05, 3.63) is 0 Å². The maximum atomic E-state index is 12.9. The highest BCUT2D eigenvalue weighted by molar-refractivity contribution is 7.91. The fraction of sp³-hybridized carbons (Fsp3) is 0.917. The predicted molar refractivity (Wildman–Crippen MR) is 65.8 cm³/mol. The van der Waals surface area contributed by atoms with Crippen molar-refractivity contribution in [2.24, 2.45) is 17.8 Å². The number of nitrogens with one attached hydrogen (secondary N) is 1. The van der Waals surface area contributed by atoms with Crippen molar-refractivity contribution in [1.82, 2.24) is 4.72 Å². The van der Waals surface area contributed by atoms with E-state index >= 15 is 0 Å². The van der Waals surface area contributed by atoms with E-state index in [1.165, 1.54) is 0 Å². The third-order valence-corrected chi connectivity index (χ3v) is 7.42. The molecule has 0 aromatic heterocycles. The largest absolute Gasteiger partial charge is 0.481 e. The smallest absolute Gasteiger partial charge is 0.306 e. The molecule has 0 heterocycles. The molecule has 0 spiro atoms. The number of rotatable bonds is 5. The number of halogens is 2. The zero-order chi connectivity index (χ0) is 14.7. The normalized spacial score (nSPS) is 38.4. The summed E-state index contributed by atoms with van der Waals surface area (Å²) in [4.78, 5) is 10.9. The molecule has 3 rings (SSSR count). The Morgan fingerprint density at radius 3 is 2.40 bits per heavy atom. The molecule has 20 heavy (non-hydrogen) atoms. The number of sulfonamides is 1. The van der Waals surface area contributed by atoms with Crippen LogP contribution in [0, 0.1) is 17.8 Å². The highest BCUT2D eigenvalue weighted by atomic mass is 32.2. The number of hydrogen-bond acceptors (Lipinski definition) is 3. The molecule has 3 saturated carbocycles. The summed E-state index contributed by atoms with van der Waals surface area (Å²) in [5, 5.41) is 8.97. The minimum atomic E-state index is -4.03. The van der Waals surface area contributed by atoms with Crippen molar-refractivity contribution in [3.63, 3.8) is 0 Å². The first-order valence-electron chi connectivity index (χ1n) is 6.80. The van der Waals surface area contributed by atoms with Crippen LogP contribution in [0.1, 0.15) is 32.1 Å². The van der Waals surface area contributed by atoms with Gasteiger partial charge in [-0.1, -0.05) is 0 Å². The molecule has 2 N–H and O–H groups in total. The average molecular weight is 309 g/mol. The number of carboxylic acid groups (broad SMARTS) is 1. The molecule has 114 valence electrons. The first-order valence-corrected chi connectivity index (χ1v) is 8.28. The Morgan fingerprint density at radius 1 is 1.25 bits per heavy atom. The van der Waals surface area contributed by atoms with E-state index in [1.54, 1.807) is 0 Å². The van der Waals surface area contributed by atoms with Gasteiger partial charge in [0.2, 0.25) is 10.0 Å². The van der Waals surface area contributed by atoms with E-state index in [9.17, 15) is 22.0 Å². The maximum absolute atomic E-state index is 12.9. The van der Waals surface area contributed by atoms with Crippen LogP contribution in [0.3, 0.4) is 0 Å². The molecule has 8 heteroatoms. The van der Waals surface area contributed by atoms with E-state index in [4.69, 9.17) is 5.11 Å². The number of fused-ring (bicyclic) bond motifs is 1. The number of hydrogen-bond donors (Lipinski definition) is 2. The third kappa shape index (κ3) is 1.95. The summed E-state index contributed by atoms with van der Waals surface area (Å²) in [6.07, 6.45) is -1.30. The molecule has 5 nitrogen and oxygen atoms in total. The van der Waals surface area contributed by atoms with Crippen LogP contribution in [0.5, 0.6) is 0 Å².